The number of halogens is 1. The molecule has 0 aliphatic carbocycles. The van der Waals surface area contributed by atoms with Crippen molar-refractivity contribution in [3.05, 3.63) is 28.8 Å². The van der Waals surface area contributed by atoms with Crippen LogP contribution < -0.4 is 4.90 Å². The van der Waals surface area contributed by atoms with Crippen LogP contribution in [0.15, 0.2) is 18.2 Å². The number of anilines is 1. The zero-order valence-electron chi connectivity index (χ0n) is 13.6. The quantitative estimate of drug-likeness (QED) is 0.857. The molecule has 0 radical (unpaired) electrons. The number of rotatable bonds is 3. The second-order valence-corrected chi connectivity index (χ2v) is 6.69. The molecule has 0 aromatic heterocycles. The fraction of sp³-hybridized carbons (Fsp3) is 0.529. The molecule has 1 aliphatic heterocycles. The molecule has 1 aliphatic rings. The Balaban J connectivity index is 2.15. The summed E-state index contributed by atoms with van der Waals surface area (Å²) in [7, 11) is 0. The Hall–Kier alpha value is -1.55. The van der Waals surface area contributed by atoms with Crippen LogP contribution in [0.25, 0.3) is 0 Å². The van der Waals surface area contributed by atoms with Crippen LogP contribution in [-0.4, -0.2) is 35.8 Å². The molecule has 1 heterocycles. The van der Waals surface area contributed by atoms with Gasteiger partial charge in [-0.1, -0.05) is 31.5 Å². The lowest BCUT2D eigenvalue weighted by Crippen LogP contribution is -2.57. The summed E-state index contributed by atoms with van der Waals surface area (Å²) in [5, 5.41) is 0.649. The Morgan fingerprint density at radius 3 is 2.64 bits per heavy atom. The Kier molecular flexibility index (Phi) is 5.12. The first-order valence-electron chi connectivity index (χ1n) is 7.68. The Morgan fingerprint density at radius 2 is 2.05 bits per heavy atom. The molecule has 2 amide bonds. The fourth-order valence-corrected chi connectivity index (χ4v) is 2.86. The van der Waals surface area contributed by atoms with Crippen molar-refractivity contribution in [3.63, 3.8) is 0 Å². The first-order chi connectivity index (χ1) is 10.3. The number of hydrogen-bond acceptors (Lipinski definition) is 2. The third kappa shape index (κ3) is 3.43. The van der Waals surface area contributed by atoms with Crippen LogP contribution in [0.1, 0.15) is 32.8 Å². The predicted octanol–water partition coefficient (Wildman–Crippen LogP) is 3.26. The number of piperazine rings is 1. The first kappa shape index (κ1) is 16.8. The van der Waals surface area contributed by atoms with Crippen LogP contribution in [0.2, 0.25) is 5.02 Å². The highest BCUT2D eigenvalue weighted by atomic mass is 35.5. The van der Waals surface area contributed by atoms with Crippen molar-refractivity contribution < 1.29 is 9.59 Å². The molecule has 0 saturated carbocycles. The minimum atomic E-state index is -0.430. The van der Waals surface area contributed by atoms with E-state index in [-0.39, 0.29) is 11.8 Å². The normalized spacial score (nSPS) is 19.0. The largest absolute Gasteiger partial charge is 0.329 e. The van der Waals surface area contributed by atoms with E-state index in [4.69, 9.17) is 11.6 Å². The van der Waals surface area contributed by atoms with Crippen molar-refractivity contribution in [1.82, 2.24) is 4.90 Å². The van der Waals surface area contributed by atoms with Gasteiger partial charge in [0.25, 0.3) is 0 Å². The van der Waals surface area contributed by atoms with Crippen LogP contribution >= 0.6 is 11.6 Å². The Labute approximate surface area is 137 Å². The Bertz CT molecular complexity index is 586. The minimum Gasteiger partial charge on any atom is -0.329 e. The van der Waals surface area contributed by atoms with E-state index in [1.165, 1.54) is 0 Å². The van der Waals surface area contributed by atoms with Gasteiger partial charge in [0.05, 0.1) is 0 Å². The minimum absolute atomic E-state index is 0.0525. The van der Waals surface area contributed by atoms with E-state index in [0.717, 1.165) is 11.3 Å². The van der Waals surface area contributed by atoms with E-state index >= 15 is 0 Å². The van der Waals surface area contributed by atoms with E-state index in [2.05, 4.69) is 0 Å². The summed E-state index contributed by atoms with van der Waals surface area (Å²) < 4.78 is 0. The summed E-state index contributed by atoms with van der Waals surface area (Å²) >= 11 is 6.15. The highest BCUT2D eigenvalue weighted by Crippen LogP contribution is 2.26. The molecule has 4 nitrogen and oxygen atoms in total. The van der Waals surface area contributed by atoms with Crippen molar-refractivity contribution in [3.8, 4) is 0 Å². The topological polar surface area (TPSA) is 40.6 Å². The highest BCUT2D eigenvalue weighted by molar-refractivity contribution is 6.31. The average molecular weight is 323 g/mol. The zero-order valence-corrected chi connectivity index (χ0v) is 14.4. The first-order valence-corrected chi connectivity index (χ1v) is 8.06. The summed E-state index contributed by atoms with van der Waals surface area (Å²) in [6, 6.07) is 5.19. The van der Waals surface area contributed by atoms with E-state index < -0.39 is 6.04 Å². The summed E-state index contributed by atoms with van der Waals surface area (Å²) in [4.78, 5) is 28.3. The summed E-state index contributed by atoms with van der Waals surface area (Å²) in [5.41, 5.74) is 1.78. The smallest absolute Gasteiger partial charge is 0.249 e. The molecule has 1 aromatic rings. The van der Waals surface area contributed by atoms with Crippen molar-refractivity contribution in [2.24, 2.45) is 5.92 Å². The number of nitrogens with zero attached hydrogens (tertiary/aromatic N) is 2. The maximum absolute atomic E-state index is 12.6. The van der Waals surface area contributed by atoms with Gasteiger partial charge in [-0.15, -0.1) is 0 Å². The molecule has 1 atom stereocenters. The third-order valence-corrected chi connectivity index (χ3v) is 4.43. The number of benzene rings is 1. The highest BCUT2D eigenvalue weighted by Gasteiger charge is 2.34. The van der Waals surface area contributed by atoms with Crippen LogP contribution in [0.3, 0.4) is 0 Å². The molecule has 1 aromatic carbocycles. The van der Waals surface area contributed by atoms with Gasteiger partial charge < -0.3 is 9.80 Å². The number of amides is 2. The maximum atomic E-state index is 12.6. The lowest BCUT2D eigenvalue weighted by molar-refractivity contribution is -0.141. The van der Waals surface area contributed by atoms with Gasteiger partial charge in [0.2, 0.25) is 11.8 Å². The maximum Gasteiger partial charge on any atom is 0.249 e. The van der Waals surface area contributed by atoms with Gasteiger partial charge in [-0.25, -0.2) is 0 Å². The SMILES string of the molecule is Cc1ccc(N2CCN(C(=O)CC(C)C)[C@H](C)C2=O)cc1Cl. The van der Waals surface area contributed by atoms with Crippen molar-refractivity contribution in [2.45, 2.75) is 40.2 Å². The second kappa shape index (κ2) is 6.69. The standard InChI is InChI=1S/C17H23ClN2O2/c1-11(2)9-16(21)19-7-8-20(17(22)13(19)4)14-6-5-12(3)15(18)10-14/h5-6,10-11,13H,7-9H2,1-4H3/t13-/m1/s1. The average Bonchev–Trinajstić information content (AvgIpc) is 2.44. The lowest BCUT2D eigenvalue weighted by Gasteiger charge is -2.39. The van der Waals surface area contributed by atoms with Gasteiger partial charge in [-0.05, 0) is 37.5 Å². The second-order valence-electron chi connectivity index (χ2n) is 6.28. The zero-order chi connectivity index (χ0) is 16.4. The molecular weight excluding hydrogens is 300 g/mol. The molecule has 2 rings (SSSR count). The monoisotopic (exact) mass is 322 g/mol. The molecule has 0 unspecified atom stereocenters. The summed E-state index contributed by atoms with van der Waals surface area (Å²) in [5.74, 6) is 0.296. The molecule has 120 valence electrons. The molecule has 22 heavy (non-hydrogen) atoms. The molecule has 0 N–H and O–H groups in total. The molecule has 1 fully saturated rings. The van der Waals surface area contributed by atoms with Crippen LogP contribution in [0, 0.1) is 12.8 Å². The van der Waals surface area contributed by atoms with Gasteiger partial charge in [0.15, 0.2) is 0 Å². The lowest BCUT2D eigenvalue weighted by atomic mass is 10.1. The van der Waals surface area contributed by atoms with Gasteiger partial charge in [0, 0.05) is 30.2 Å². The number of carbonyl (C=O) groups is 2. The molecule has 5 heteroatoms. The van der Waals surface area contributed by atoms with Gasteiger partial charge in [0.1, 0.15) is 6.04 Å². The fourth-order valence-electron chi connectivity index (χ4n) is 2.68. The van der Waals surface area contributed by atoms with E-state index in [1.54, 1.807) is 16.7 Å². The van der Waals surface area contributed by atoms with Crippen molar-refractivity contribution >= 4 is 29.1 Å². The predicted molar refractivity (Wildman–Crippen MR) is 89.2 cm³/mol. The van der Waals surface area contributed by atoms with Gasteiger partial charge >= 0.3 is 0 Å². The Morgan fingerprint density at radius 1 is 1.36 bits per heavy atom. The molecule has 0 bridgehead atoms. The van der Waals surface area contributed by atoms with Crippen molar-refractivity contribution in [2.75, 3.05) is 18.0 Å². The number of hydrogen-bond donors (Lipinski definition) is 0. The summed E-state index contributed by atoms with van der Waals surface area (Å²) in [6.45, 7) is 8.81. The van der Waals surface area contributed by atoms with E-state index in [1.807, 2.05) is 39.0 Å². The summed E-state index contributed by atoms with van der Waals surface area (Å²) in [6.07, 6.45) is 0.480. The van der Waals surface area contributed by atoms with Gasteiger partial charge in [-0.3, -0.25) is 9.59 Å². The third-order valence-electron chi connectivity index (χ3n) is 4.03. The van der Waals surface area contributed by atoms with Crippen LogP contribution in [-0.2, 0) is 9.59 Å². The van der Waals surface area contributed by atoms with Crippen LogP contribution in [0.4, 0.5) is 5.69 Å². The van der Waals surface area contributed by atoms with E-state index in [0.29, 0.717) is 30.5 Å². The molecule has 1 saturated heterocycles. The van der Waals surface area contributed by atoms with Crippen molar-refractivity contribution in [1.29, 1.82) is 0 Å². The molecule has 0 spiro atoms. The van der Waals surface area contributed by atoms with Gasteiger partial charge in [-0.2, -0.15) is 0 Å². The number of aryl methyl sites for hydroxylation is 1. The molecular formula is C17H23ClN2O2. The van der Waals surface area contributed by atoms with Crippen LogP contribution in [0.5, 0.6) is 0 Å². The van der Waals surface area contributed by atoms with E-state index in [9.17, 15) is 9.59 Å². The number of carbonyl (C=O) groups excluding carboxylic acids is 2.